The van der Waals surface area contributed by atoms with Crippen LogP contribution in [0, 0.1) is 0 Å². The molecule has 0 N–H and O–H groups in total. The first-order chi connectivity index (χ1) is 9.04. The van der Waals surface area contributed by atoms with E-state index in [0.29, 0.717) is 5.88 Å². The standard InChI is InChI=1S/C14H17NO3S/c1-14(2)12(8-16)15(10-19-14)13(17)18-9-11-6-4-3-5-7-11/h3-8,12H,9-10H2,1-2H3/t12-/m1/s1. The van der Waals surface area contributed by atoms with Crippen molar-refractivity contribution in [2.75, 3.05) is 5.88 Å². The molecule has 2 rings (SSSR count). The Kier molecular flexibility index (Phi) is 4.14. The molecule has 1 fully saturated rings. The first-order valence-corrected chi connectivity index (χ1v) is 7.10. The molecule has 19 heavy (non-hydrogen) atoms. The SMILES string of the molecule is CC1(C)SCN(C(=O)OCc2ccccc2)[C@@H]1C=O. The summed E-state index contributed by atoms with van der Waals surface area (Å²) >= 11 is 1.58. The van der Waals surface area contributed by atoms with Crippen molar-refractivity contribution in [1.29, 1.82) is 0 Å². The Bertz CT molecular complexity index is 461. The summed E-state index contributed by atoms with van der Waals surface area (Å²) in [5.41, 5.74) is 0.935. The van der Waals surface area contributed by atoms with Gasteiger partial charge in [-0.15, -0.1) is 11.8 Å². The molecule has 0 unspecified atom stereocenters. The van der Waals surface area contributed by atoms with Gasteiger partial charge in [0.25, 0.3) is 0 Å². The maximum Gasteiger partial charge on any atom is 0.411 e. The highest BCUT2D eigenvalue weighted by Crippen LogP contribution is 2.38. The molecule has 1 aromatic rings. The summed E-state index contributed by atoms with van der Waals surface area (Å²) in [5, 5.41) is 0. The minimum Gasteiger partial charge on any atom is -0.445 e. The second kappa shape index (κ2) is 5.65. The third-order valence-electron chi connectivity index (χ3n) is 3.19. The number of aldehydes is 1. The van der Waals surface area contributed by atoms with Crippen LogP contribution >= 0.6 is 11.8 Å². The van der Waals surface area contributed by atoms with Crippen LogP contribution in [-0.4, -0.2) is 33.9 Å². The lowest BCUT2D eigenvalue weighted by molar-refractivity contribution is -0.112. The van der Waals surface area contributed by atoms with E-state index >= 15 is 0 Å². The van der Waals surface area contributed by atoms with Crippen LogP contribution in [0.4, 0.5) is 4.79 Å². The monoisotopic (exact) mass is 279 g/mol. The molecule has 1 amide bonds. The zero-order chi connectivity index (χ0) is 13.9. The fourth-order valence-corrected chi connectivity index (χ4v) is 3.07. The van der Waals surface area contributed by atoms with Crippen molar-refractivity contribution in [3.8, 4) is 0 Å². The number of benzene rings is 1. The zero-order valence-electron chi connectivity index (χ0n) is 11.0. The Morgan fingerprint density at radius 3 is 2.79 bits per heavy atom. The third kappa shape index (κ3) is 3.10. The van der Waals surface area contributed by atoms with Gasteiger partial charge in [-0.2, -0.15) is 0 Å². The van der Waals surface area contributed by atoms with Gasteiger partial charge in [-0.1, -0.05) is 30.3 Å². The molecule has 0 spiro atoms. The summed E-state index contributed by atoms with van der Waals surface area (Å²) in [6, 6.07) is 9.06. The maximum absolute atomic E-state index is 12.0. The molecule has 0 aromatic heterocycles. The highest BCUT2D eigenvalue weighted by atomic mass is 32.2. The van der Waals surface area contributed by atoms with Crippen molar-refractivity contribution in [2.45, 2.75) is 31.2 Å². The van der Waals surface area contributed by atoms with Gasteiger partial charge in [0.05, 0.1) is 5.88 Å². The minimum atomic E-state index is -0.431. The van der Waals surface area contributed by atoms with Gasteiger partial charge in [-0.3, -0.25) is 4.90 Å². The van der Waals surface area contributed by atoms with Crippen LogP contribution in [0.2, 0.25) is 0 Å². The van der Waals surface area contributed by atoms with Crippen molar-refractivity contribution in [2.24, 2.45) is 0 Å². The van der Waals surface area contributed by atoms with Crippen LogP contribution in [0.25, 0.3) is 0 Å². The number of thioether (sulfide) groups is 1. The summed E-state index contributed by atoms with van der Waals surface area (Å²) in [7, 11) is 0. The van der Waals surface area contributed by atoms with E-state index in [0.717, 1.165) is 11.8 Å². The topological polar surface area (TPSA) is 46.6 Å². The van der Waals surface area contributed by atoms with E-state index in [4.69, 9.17) is 4.74 Å². The first-order valence-electron chi connectivity index (χ1n) is 6.11. The predicted molar refractivity (Wildman–Crippen MR) is 74.9 cm³/mol. The van der Waals surface area contributed by atoms with E-state index in [-0.39, 0.29) is 11.4 Å². The molecule has 5 heteroatoms. The lowest BCUT2D eigenvalue weighted by Crippen LogP contribution is -2.44. The molecule has 4 nitrogen and oxygen atoms in total. The van der Waals surface area contributed by atoms with Gasteiger partial charge in [-0.25, -0.2) is 4.79 Å². The molecule has 1 aromatic carbocycles. The molecule has 1 aliphatic heterocycles. The molecule has 102 valence electrons. The van der Waals surface area contributed by atoms with Gasteiger partial charge in [0, 0.05) is 4.75 Å². The van der Waals surface area contributed by atoms with Crippen LogP contribution in [0.5, 0.6) is 0 Å². The Morgan fingerprint density at radius 1 is 1.47 bits per heavy atom. The summed E-state index contributed by atoms with van der Waals surface area (Å²) in [5.74, 6) is 0.490. The number of rotatable bonds is 3. The largest absolute Gasteiger partial charge is 0.445 e. The zero-order valence-corrected chi connectivity index (χ0v) is 11.9. The quantitative estimate of drug-likeness (QED) is 0.798. The molecule has 0 saturated carbocycles. The molecule has 0 aliphatic carbocycles. The molecule has 0 radical (unpaired) electrons. The molecule has 1 atom stereocenters. The average molecular weight is 279 g/mol. The number of ether oxygens (including phenoxy) is 1. The normalized spacial score (nSPS) is 21.2. The molecule has 1 saturated heterocycles. The second-order valence-corrected chi connectivity index (χ2v) is 6.57. The lowest BCUT2D eigenvalue weighted by Gasteiger charge is -2.25. The number of hydrogen-bond donors (Lipinski definition) is 0. The molecule has 1 heterocycles. The molecule has 1 aliphatic rings. The first kappa shape index (κ1) is 13.9. The van der Waals surface area contributed by atoms with E-state index in [1.807, 2.05) is 44.2 Å². The van der Waals surface area contributed by atoms with Crippen molar-refractivity contribution >= 4 is 24.1 Å². The summed E-state index contributed by atoms with van der Waals surface area (Å²) in [4.78, 5) is 24.6. The lowest BCUT2D eigenvalue weighted by atomic mass is 10.0. The van der Waals surface area contributed by atoms with E-state index in [1.165, 1.54) is 4.90 Å². The fraction of sp³-hybridized carbons (Fsp3) is 0.429. The maximum atomic E-state index is 12.0. The van der Waals surface area contributed by atoms with Crippen LogP contribution in [-0.2, 0) is 16.1 Å². The van der Waals surface area contributed by atoms with E-state index in [9.17, 15) is 9.59 Å². The van der Waals surface area contributed by atoms with Gasteiger partial charge >= 0.3 is 6.09 Å². The minimum absolute atomic E-state index is 0.229. The van der Waals surface area contributed by atoms with Gasteiger partial charge in [-0.05, 0) is 19.4 Å². The number of hydrogen-bond acceptors (Lipinski definition) is 4. The predicted octanol–water partition coefficient (Wildman–Crippen LogP) is 2.68. The van der Waals surface area contributed by atoms with Crippen LogP contribution in [0.1, 0.15) is 19.4 Å². The van der Waals surface area contributed by atoms with Crippen LogP contribution in [0.15, 0.2) is 30.3 Å². The van der Waals surface area contributed by atoms with Crippen molar-refractivity contribution in [3.63, 3.8) is 0 Å². The van der Waals surface area contributed by atoms with Crippen molar-refractivity contribution in [3.05, 3.63) is 35.9 Å². The van der Waals surface area contributed by atoms with Gasteiger partial charge in [0.1, 0.15) is 18.9 Å². The molecule has 0 bridgehead atoms. The van der Waals surface area contributed by atoms with Crippen LogP contribution in [0.3, 0.4) is 0 Å². The Labute approximate surface area is 117 Å². The summed E-state index contributed by atoms with van der Waals surface area (Å²) < 4.78 is 5.00. The van der Waals surface area contributed by atoms with E-state index in [1.54, 1.807) is 11.8 Å². The van der Waals surface area contributed by atoms with Crippen molar-refractivity contribution < 1.29 is 14.3 Å². The highest BCUT2D eigenvalue weighted by Gasteiger charge is 2.44. The number of carbonyl (C=O) groups excluding carboxylic acids is 2. The third-order valence-corrected chi connectivity index (χ3v) is 4.59. The number of carbonyl (C=O) groups is 2. The summed E-state index contributed by atoms with van der Waals surface area (Å²) in [6.45, 7) is 4.15. The fourth-order valence-electron chi connectivity index (χ4n) is 1.98. The molecular weight excluding hydrogens is 262 g/mol. The Balaban J connectivity index is 1.95. The Morgan fingerprint density at radius 2 is 2.16 bits per heavy atom. The smallest absolute Gasteiger partial charge is 0.411 e. The van der Waals surface area contributed by atoms with Crippen LogP contribution < -0.4 is 0 Å². The van der Waals surface area contributed by atoms with E-state index in [2.05, 4.69) is 0 Å². The van der Waals surface area contributed by atoms with Gasteiger partial charge < -0.3 is 9.53 Å². The number of amides is 1. The average Bonchev–Trinajstić information content (AvgIpc) is 2.72. The highest BCUT2D eigenvalue weighted by molar-refractivity contribution is 8.00. The van der Waals surface area contributed by atoms with Gasteiger partial charge in [0.15, 0.2) is 0 Å². The van der Waals surface area contributed by atoms with Gasteiger partial charge in [0.2, 0.25) is 0 Å². The molecular formula is C14H17NO3S. The number of nitrogens with zero attached hydrogens (tertiary/aromatic N) is 1. The summed E-state index contributed by atoms with van der Waals surface area (Å²) in [6.07, 6.45) is 0.392. The second-order valence-electron chi connectivity index (χ2n) is 4.97. The van der Waals surface area contributed by atoms with E-state index < -0.39 is 12.1 Å². The Hall–Kier alpha value is -1.49. The van der Waals surface area contributed by atoms with Crippen molar-refractivity contribution in [1.82, 2.24) is 4.90 Å².